The van der Waals surface area contributed by atoms with Crippen molar-refractivity contribution in [3.8, 4) is 0 Å². The maximum atomic E-state index is 11.5. The predicted molar refractivity (Wildman–Crippen MR) is 94.5 cm³/mol. The fraction of sp³-hybridized carbons (Fsp3) is 0.167. The van der Waals surface area contributed by atoms with Gasteiger partial charge in [-0.2, -0.15) is 0 Å². The number of rotatable bonds is 5. The number of imidazole rings is 1. The van der Waals surface area contributed by atoms with Crippen LogP contribution in [0.2, 0.25) is 0 Å². The third-order valence-corrected chi connectivity index (χ3v) is 4.98. The SMILES string of the molecule is CS(=O)(=O)c1ccc(Cc2nccn2Cc2ccc(N)cc2)cc1. The van der Waals surface area contributed by atoms with Gasteiger partial charge in [0.05, 0.1) is 4.90 Å². The summed E-state index contributed by atoms with van der Waals surface area (Å²) in [5.74, 6) is 0.930. The molecule has 3 aromatic rings. The number of sulfone groups is 1. The smallest absolute Gasteiger partial charge is 0.175 e. The lowest BCUT2D eigenvalue weighted by Crippen LogP contribution is -2.05. The van der Waals surface area contributed by atoms with E-state index in [4.69, 9.17) is 5.73 Å². The summed E-state index contributed by atoms with van der Waals surface area (Å²) >= 11 is 0. The van der Waals surface area contributed by atoms with E-state index >= 15 is 0 Å². The number of aromatic nitrogens is 2. The zero-order valence-corrected chi connectivity index (χ0v) is 14.2. The first-order valence-electron chi connectivity index (χ1n) is 7.55. The van der Waals surface area contributed by atoms with E-state index in [1.54, 1.807) is 18.3 Å². The van der Waals surface area contributed by atoms with Crippen molar-refractivity contribution in [1.82, 2.24) is 9.55 Å². The fourth-order valence-electron chi connectivity index (χ4n) is 2.51. The predicted octanol–water partition coefficient (Wildman–Crippen LogP) is 2.51. The van der Waals surface area contributed by atoms with Crippen LogP contribution in [0.1, 0.15) is 17.0 Å². The van der Waals surface area contributed by atoms with Crippen molar-refractivity contribution >= 4 is 15.5 Å². The summed E-state index contributed by atoms with van der Waals surface area (Å²) < 4.78 is 25.1. The van der Waals surface area contributed by atoms with Crippen LogP contribution in [-0.2, 0) is 22.8 Å². The first-order chi connectivity index (χ1) is 11.4. The van der Waals surface area contributed by atoms with Crippen molar-refractivity contribution in [2.75, 3.05) is 12.0 Å². The van der Waals surface area contributed by atoms with E-state index in [-0.39, 0.29) is 0 Å². The largest absolute Gasteiger partial charge is 0.399 e. The number of nitrogens with two attached hydrogens (primary N) is 1. The lowest BCUT2D eigenvalue weighted by Gasteiger charge is -2.09. The highest BCUT2D eigenvalue weighted by atomic mass is 32.2. The Kier molecular flexibility index (Phi) is 4.40. The molecule has 0 aliphatic heterocycles. The van der Waals surface area contributed by atoms with E-state index in [1.165, 1.54) is 6.26 Å². The summed E-state index contributed by atoms with van der Waals surface area (Å²) in [5.41, 5.74) is 8.63. The van der Waals surface area contributed by atoms with E-state index in [0.29, 0.717) is 11.3 Å². The van der Waals surface area contributed by atoms with E-state index < -0.39 is 9.84 Å². The van der Waals surface area contributed by atoms with Crippen LogP contribution in [0.5, 0.6) is 0 Å². The average molecular weight is 341 g/mol. The lowest BCUT2D eigenvalue weighted by atomic mass is 10.1. The monoisotopic (exact) mass is 341 g/mol. The normalized spacial score (nSPS) is 11.5. The highest BCUT2D eigenvalue weighted by molar-refractivity contribution is 7.90. The summed E-state index contributed by atoms with van der Waals surface area (Å²) in [4.78, 5) is 4.75. The molecule has 0 unspecified atom stereocenters. The van der Waals surface area contributed by atoms with Crippen LogP contribution in [-0.4, -0.2) is 24.2 Å². The van der Waals surface area contributed by atoms with E-state index in [0.717, 1.165) is 29.2 Å². The molecule has 0 atom stereocenters. The molecule has 124 valence electrons. The van der Waals surface area contributed by atoms with Gasteiger partial charge < -0.3 is 10.3 Å². The lowest BCUT2D eigenvalue weighted by molar-refractivity contribution is 0.602. The average Bonchev–Trinajstić information content (AvgIpc) is 2.96. The molecule has 24 heavy (non-hydrogen) atoms. The molecular formula is C18H19N3O2S. The molecule has 2 aromatic carbocycles. The molecule has 1 aromatic heterocycles. The number of hydrogen-bond donors (Lipinski definition) is 1. The Morgan fingerprint density at radius 3 is 2.25 bits per heavy atom. The van der Waals surface area contributed by atoms with Crippen LogP contribution < -0.4 is 5.73 Å². The molecule has 5 nitrogen and oxygen atoms in total. The molecule has 0 fully saturated rings. The molecule has 2 N–H and O–H groups in total. The number of hydrogen-bond acceptors (Lipinski definition) is 4. The topological polar surface area (TPSA) is 78.0 Å². The van der Waals surface area contributed by atoms with Crippen LogP contribution in [0.25, 0.3) is 0 Å². The molecular weight excluding hydrogens is 322 g/mol. The number of benzene rings is 2. The molecule has 0 amide bonds. The van der Waals surface area contributed by atoms with Crippen molar-refractivity contribution in [2.24, 2.45) is 0 Å². The van der Waals surface area contributed by atoms with Crippen molar-refractivity contribution < 1.29 is 8.42 Å². The standard InChI is InChI=1S/C18H19N3O2S/c1-24(22,23)17-8-4-14(5-9-17)12-18-20-10-11-21(18)13-15-2-6-16(19)7-3-15/h2-11H,12-13,19H2,1H3. The zero-order valence-electron chi connectivity index (χ0n) is 13.4. The van der Waals surface area contributed by atoms with E-state index in [1.807, 2.05) is 42.6 Å². The van der Waals surface area contributed by atoms with Crippen LogP contribution in [0.15, 0.2) is 65.8 Å². The van der Waals surface area contributed by atoms with Crippen molar-refractivity contribution in [1.29, 1.82) is 0 Å². The van der Waals surface area contributed by atoms with E-state index in [2.05, 4.69) is 9.55 Å². The van der Waals surface area contributed by atoms with Gasteiger partial charge >= 0.3 is 0 Å². The van der Waals surface area contributed by atoms with Crippen molar-refractivity contribution in [3.63, 3.8) is 0 Å². The number of nitrogen functional groups attached to an aromatic ring is 1. The van der Waals surface area contributed by atoms with Gasteiger partial charge in [0, 0.05) is 37.3 Å². The van der Waals surface area contributed by atoms with Crippen LogP contribution in [0.4, 0.5) is 5.69 Å². The highest BCUT2D eigenvalue weighted by Gasteiger charge is 2.08. The third-order valence-electron chi connectivity index (χ3n) is 3.85. The van der Waals surface area contributed by atoms with Gasteiger partial charge in [0.2, 0.25) is 0 Å². The summed E-state index contributed by atoms with van der Waals surface area (Å²) in [6.07, 6.45) is 5.57. The molecule has 0 saturated carbocycles. The Balaban J connectivity index is 1.77. The van der Waals surface area contributed by atoms with E-state index in [9.17, 15) is 8.42 Å². The van der Waals surface area contributed by atoms with Crippen molar-refractivity contribution in [3.05, 3.63) is 77.9 Å². The molecule has 0 aliphatic carbocycles. The minimum atomic E-state index is -3.17. The third kappa shape index (κ3) is 3.83. The molecule has 0 aliphatic rings. The van der Waals surface area contributed by atoms with Gasteiger partial charge in [0.15, 0.2) is 9.84 Å². The Morgan fingerprint density at radius 2 is 1.62 bits per heavy atom. The summed E-state index contributed by atoms with van der Waals surface area (Å²) in [6, 6.07) is 14.7. The summed E-state index contributed by atoms with van der Waals surface area (Å²) in [6.45, 7) is 0.719. The molecule has 0 saturated heterocycles. The summed E-state index contributed by atoms with van der Waals surface area (Å²) in [7, 11) is -3.17. The zero-order chi connectivity index (χ0) is 17.2. The molecule has 0 spiro atoms. The quantitative estimate of drug-likeness (QED) is 0.723. The number of nitrogens with zero attached hydrogens (tertiary/aromatic N) is 2. The second kappa shape index (κ2) is 6.49. The Labute approximate surface area is 141 Å². The maximum absolute atomic E-state index is 11.5. The number of anilines is 1. The molecule has 0 radical (unpaired) electrons. The van der Waals surface area contributed by atoms with Crippen molar-refractivity contribution in [2.45, 2.75) is 17.9 Å². The molecule has 6 heteroatoms. The van der Waals surface area contributed by atoms with Gasteiger partial charge in [-0.05, 0) is 35.4 Å². The molecule has 0 bridgehead atoms. The minimum absolute atomic E-state index is 0.330. The maximum Gasteiger partial charge on any atom is 0.175 e. The van der Waals surface area contributed by atoms with Gasteiger partial charge in [-0.1, -0.05) is 24.3 Å². The van der Waals surface area contributed by atoms with Crippen LogP contribution >= 0.6 is 0 Å². The van der Waals surface area contributed by atoms with Crippen LogP contribution in [0.3, 0.4) is 0 Å². The van der Waals surface area contributed by atoms with Gasteiger partial charge in [-0.25, -0.2) is 13.4 Å². The van der Waals surface area contributed by atoms with Gasteiger partial charge in [-0.15, -0.1) is 0 Å². The van der Waals surface area contributed by atoms with Gasteiger partial charge in [0.25, 0.3) is 0 Å². The van der Waals surface area contributed by atoms with Crippen LogP contribution in [0, 0.1) is 0 Å². The first kappa shape index (κ1) is 16.3. The molecule has 1 heterocycles. The second-order valence-electron chi connectivity index (χ2n) is 5.81. The Morgan fingerprint density at radius 1 is 1.00 bits per heavy atom. The van der Waals surface area contributed by atoms with Gasteiger partial charge in [-0.3, -0.25) is 0 Å². The highest BCUT2D eigenvalue weighted by Crippen LogP contribution is 2.15. The summed E-state index contributed by atoms with van der Waals surface area (Å²) in [5, 5.41) is 0. The molecule has 3 rings (SSSR count). The van der Waals surface area contributed by atoms with Gasteiger partial charge in [0.1, 0.15) is 5.82 Å². The first-order valence-corrected chi connectivity index (χ1v) is 9.44. The Bertz CT molecular complexity index is 927. The fourth-order valence-corrected chi connectivity index (χ4v) is 3.14. The minimum Gasteiger partial charge on any atom is -0.399 e. The second-order valence-corrected chi connectivity index (χ2v) is 7.82. The Hall–Kier alpha value is -2.60.